The van der Waals surface area contributed by atoms with Crippen LogP contribution in [0.5, 0.6) is 5.75 Å². The highest BCUT2D eigenvalue weighted by atomic mass is 19.4. The fourth-order valence-electron chi connectivity index (χ4n) is 2.26. The highest BCUT2D eigenvalue weighted by Gasteiger charge is 2.33. The zero-order valence-electron chi connectivity index (χ0n) is 14.5. The fraction of sp³-hybridized carbons (Fsp3) is 0.158. The maximum absolute atomic E-state index is 13.0. The first-order valence-corrected chi connectivity index (χ1v) is 7.75. The third-order valence-electron chi connectivity index (χ3n) is 3.57. The summed E-state index contributed by atoms with van der Waals surface area (Å²) < 4.78 is 44.2. The number of rotatable bonds is 5. The Balaban J connectivity index is 2.24. The van der Waals surface area contributed by atoms with Gasteiger partial charge >= 0.3 is 6.18 Å². The number of ether oxygens (including phenoxy) is 1. The Morgan fingerprint density at radius 3 is 2.52 bits per heavy atom. The summed E-state index contributed by atoms with van der Waals surface area (Å²) in [7, 11) is 1.46. The summed E-state index contributed by atoms with van der Waals surface area (Å²) in [5.74, 6) is -0.481. The lowest BCUT2D eigenvalue weighted by Gasteiger charge is -2.13. The third kappa shape index (κ3) is 5.01. The van der Waals surface area contributed by atoms with Crippen molar-refractivity contribution in [1.82, 2.24) is 0 Å². The summed E-state index contributed by atoms with van der Waals surface area (Å²) in [4.78, 5) is 12.2. The van der Waals surface area contributed by atoms with Crippen molar-refractivity contribution in [2.75, 3.05) is 17.7 Å². The van der Waals surface area contributed by atoms with E-state index in [0.29, 0.717) is 11.4 Å². The molecule has 0 unspecified atom stereocenters. The number of methoxy groups -OCH3 is 1. The van der Waals surface area contributed by atoms with Gasteiger partial charge in [-0.05, 0) is 36.8 Å². The molecule has 0 saturated carbocycles. The number of carbonyl (C=O) groups excluding carboxylic acids is 1. The third-order valence-corrected chi connectivity index (χ3v) is 3.57. The number of nitrogens with zero attached hydrogens (tertiary/aromatic N) is 1. The highest BCUT2D eigenvalue weighted by Crippen LogP contribution is 2.34. The molecule has 1 amide bonds. The summed E-state index contributed by atoms with van der Waals surface area (Å²) in [5.41, 5.74) is -0.397. The van der Waals surface area contributed by atoms with E-state index in [-0.39, 0.29) is 0 Å². The van der Waals surface area contributed by atoms with Gasteiger partial charge in [0.2, 0.25) is 0 Å². The van der Waals surface area contributed by atoms with E-state index in [1.807, 2.05) is 13.0 Å². The number of carbonyl (C=O) groups is 1. The van der Waals surface area contributed by atoms with Crippen LogP contribution in [0.4, 0.5) is 24.5 Å². The molecule has 0 heterocycles. The molecule has 2 aromatic carbocycles. The van der Waals surface area contributed by atoms with Crippen LogP contribution in [-0.2, 0) is 11.0 Å². The van der Waals surface area contributed by atoms with Gasteiger partial charge in [0, 0.05) is 6.20 Å². The van der Waals surface area contributed by atoms with Crippen LogP contribution in [0, 0.1) is 18.3 Å². The molecule has 0 aliphatic rings. The van der Waals surface area contributed by atoms with E-state index >= 15 is 0 Å². The second-order valence-corrected chi connectivity index (χ2v) is 5.52. The second kappa shape index (κ2) is 8.27. The number of amides is 1. The smallest absolute Gasteiger partial charge is 0.418 e. The zero-order chi connectivity index (χ0) is 20.0. The second-order valence-electron chi connectivity index (χ2n) is 5.52. The molecule has 8 heteroatoms. The molecule has 0 radical (unpaired) electrons. The lowest BCUT2D eigenvalue weighted by Crippen LogP contribution is -2.18. The molecular formula is C19H16F3N3O2. The first-order chi connectivity index (χ1) is 12.8. The van der Waals surface area contributed by atoms with Gasteiger partial charge in [0.1, 0.15) is 17.4 Å². The molecule has 0 fully saturated rings. The van der Waals surface area contributed by atoms with E-state index in [4.69, 9.17) is 4.74 Å². The number of nitrogens with one attached hydrogen (secondary N) is 2. The van der Waals surface area contributed by atoms with Crippen molar-refractivity contribution in [2.45, 2.75) is 13.1 Å². The molecule has 5 nitrogen and oxygen atoms in total. The van der Waals surface area contributed by atoms with Crippen LogP contribution in [0.15, 0.2) is 54.2 Å². The number of nitriles is 1. The number of aryl methyl sites for hydroxylation is 1. The van der Waals surface area contributed by atoms with Crippen LogP contribution in [0.3, 0.4) is 0 Å². The van der Waals surface area contributed by atoms with Crippen molar-refractivity contribution in [2.24, 2.45) is 0 Å². The van der Waals surface area contributed by atoms with Crippen molar-refractivity contribution in [3.63, 3.8) is 0 Å². The lowest BCUT2D eigenvalue weighted by atomic mass is 10.1. The number of benzene rings is 2. The van der Waals surface area contributed by atoms with Gasteiger partial charge in [-0.2, -0.15) is 18.4 Å². The summed E-state index contributed by atoms with van der Waals surface area (Å²) >= 11 is 0. The molecule has 2 rings (SSSR count). The van der Waals surface area contributed by atoms with Gasteiger partial charge in [-0.1, -0.05) is 18.2 Å². The summed E-state index contributed by atoms with van der Waals surface area (Å²) in [6.07, 6.45) is -3.52. The molecule has 0 aliphatic heterocycles. The van der Waals surface area contributed by atoms with Crippen LogP contribution in [0.1, 0.15) is 11.1 Å². The molecule has 0 aliphatic carbocycles. The summed E-state index contributed by atoms with van der Waals surface area (Å²) in [5, 5.41) is 14.1. The van der Waals surface area contributed by atoms with Gasteiger partial charge < -0.3 is 15.4 Å². The number of anilines is 2. The van der Waals surface area contributed by atoms with Crippen LogP contribution in [0.25, 0.3) is 0 Å². The van der Waals surface area contributed by atoms with Crippen LogP contribution >= 0.6 is 0 Å². The largest absolute Gasteiger partial charge is 0.495 e. The first kappa shape index (κ1) is 19.8. The van der Waals surface area contributed by atoms with E-state index in [2.05, 4.69) is 10.6 Å². The van der Waals surface area contributed by atoms with Crippen molar-refractivity contribution in [3.05, 3.63) is 65.4 Å². The molecule has 0 atom stereocenters. The number of halogens is 3. The Bertz CT molecular complexity index is 915. The van der Waals surface area contributed by atoms with Crippen LogP contribution in [0.2, 0.25) is 0 Å². The Hall–Kier alpha value is -3.47. The van der Waals surface area contributed by atoms with Crippen LogP contribution in [-0.4, -0.2) is 13.0 Å². The Kier molecular flexibility index (Phi) is 6.08. The minimum Gasteiger partial charge on any atom is -0.495 e. The predicted molar refractivity (Wildman–Crippen MR) is 95.1 cm³/mol. The number of para-hydroxylation sites is 1. The van der Waals surface area contributed by atoms with Crippen LogP contribution < -0.4 is 15.4 Å². The van der Waals surface area contributed by atoms with Crippen molar-refractivity contribution in [3.8, 4) is 11.8 Å². The van der Waals surface area contributed by atoms with Gasteiger partial charge in [-0.25, -0.2) is 0 Å². The normalized spacial score (nSPS) is 11.5. The van der Waals surface area contributed by atoms with Gasteiger partial charge in [-0.3, -0.25) is 4.79 Å². The molecule has 0 aromatic heterocycles. The summed E-state index contributed by atoms with van der Waals surface area (Å²) in [6.45, 7) is 1.85. The summed E-state index contributed by atoms with van der Waals surface area (Å²) in [6, 6.07) is 11.5. The van der Waals surface area contributed by atoms with E-state index in [1.54, 1.807) is 18.2 Å². The van der Waals surface area contributed by atoms with E-state index in [1.165, 1.54) is 19.2 Å². The van der Waals surface area contributed by atoms with E-state index < -0.39 is 28.9 Å². The van der Waals surface area contributed by atoms with E-state index in [0.717, 1.165) is 23.9 Å². The molecule has 27 heavy (non-hydrogen) atoms. The molecule has 2 aromatic rings. The molecule has 140 valence electrons. The molecule has 0 spiro atoms. The Morgan fingerprint density at radius 2 is 1.89 bits per heavy atom. The molecule has 2 N–H and O–H groups in total. The SMILES string of the molecule is COc1ccc(C)cc1N/C=C(/C#N)C(=O)Nc1ccccc1C(F)(F)F. The number of hydrogen-bond acceptors (Lipinski definition) is 4. The first-order valence-electron chi connectivity index (χ1n) is 7.75. The Labute approximate surface area is 154 Å². The van der Waals surface area contributed by atoms with Gasteiger partial charge in [0.15, 0.2) is 0 Å². The highest BCUT2D eigenvalue weighted by molar-refractivity contribution is 6.07. The maximum Gasteiger partial charge on any atom is 0.418 e. The quantitative estimate of drug-likeness (QED) is 0.597. The van der Waals surface area contributed by atoms with Gasteiger partial charge in [0.25, 0.3) is 5.91 Å². The van der Waals surface area contributed by atoms with Gasteiger partial charge in [-0.15, -0.1) is 0 Å². The van der Waals surface area contributed by atoms with Crippen molar-refractivity contribution < 1.29 is 22.7 Å². The number of hydrogen-bond donors (Lipinski definition) is 2. The standard InChI is InChI=1S/C19H16F3N3O2/c1-12-7-8-17(27-2)16(9-12)24-11-13(10-23)18(26)25-15-6-4-3-5-14(15)19(20,21)22/h3-9,11,24H,1-2H3,(H,25,26)/b13-11-. The average Bonchev–Trinajstić information content (AvgIpc) is 2.62. The molecule has 0 saturated heterocycles. The molecular weight excluding hydrogens is 359 g/mol. The minimum atomic E-state index is -4.63. The Morgan fingerprint density at radius 1 is 1.19 bits per heavy atom. The number of alkyl halides is 3. The van der Waals surface area contributed by atoms with Gasteiger partial charge in [0.05, 0.1) is 24.0 Å². The maximum atomic E-state index is 13.0. The fourth-order valence-corrected chi connectivity index (χ4v) is 2.26. The predicted octanol–water partition coefficient (Wildman–Crippen LogP) is 4.48. The van der Waals surface area contributed by atoms with Crippen molar-refractivity contribution >= 4 is 17.3 Å². The molecule has 0 bridgehead atoms. The monoisotopic (exact) mass is 375 g/mol. The van der Waals surface area contributed by atoms with E-state index in [9.17, 15) is 23.2 Å². The average molecular weight is 375 g/mol. The topological polar surface area (TPSA) is 74.1 Å². The minimum absolute atomic E-state index is 0.393. The van der Waals surface area contributed by atoms with Crippen molar-refractivity contribution in [1.29, 1.82) is 5.26 Å². The zero-order valence-corrected chi connectivity index (χ0v) is 14.5. The lowest BCUT2D eigenvalue weighted by molar-refractivity contribution is -0.137.